The first-order valence-electron chi connectivity index (χ1n) is 4.39. The molecule has 0 atom stereocenters. The van der Waals surface area contributed by atoms with Crippen molar-refractivity contribution < 1.29 is 4.74 Å². The van der Waals surface area contributed by atoms with Gasteiger partial charge in [-0.2, -0.15) is 0 Å². The molecule has 1 heteroatoms. The molecule has 0 aromatic heterocycles. The van der Waals surface area contributed by atoms with Crippen LogP contribution in [0, 0.1) is 0 Å². The molecular formula is C10H26O. The molecule has 0 heterocycles. The molecule has 0 saturated heterocycles. The number of hydrogen-bond acceptors (Lipinski definition) is 1. The third-order valence-electron chi connectivity index (χ3n) is 0.289. The Balaban J connectivity index is -0.0000000315. The quantitative estimate of drug-likeness (QED) is 0.531. The van der Waals surface area contributed by atoms with Crippen molar-refractivity contribution in [3.05, 3.63) is 12.7 Å². The molecule has 0 aliphatic carbocycles. The van der Waals surface area contributed by atoms with E-state index in [2.05, 4.69) is 11.3 Å². The summed E-state index contributed by atoms with van der Waals surface area (Å²) in [5.74, 6) is 0. The maximum absolute atomic E-state index is 4.54. The summed E-state index contributed by atoms with van der Waals surface area (Å²) in [6.07, 6.45) is 1.75. The minimum atomic E-state index is 0.819. The first kappa shape index (κ1) is 22.4. The molecule has 1 nitrogen and oxygen atoms in total. The van der Waals surface area contributed by atoms with Crippen LogP contribution >= 0.6 is 0 Å². The zero-order chi connectivity index (χ0) is 10.1. The molecule has 11 heavy (non-hydrogen) atoms. The lowest BCUT2D eigenvalue weighted by atomic mass is 10.8. The molecule has 0 bridgehead atoms. The third-order valence-corrected chi connectivity index (χ3v) is 0.289. The first-order chi connectivity index (χ1) is 5.33. The standard InChI is InChI=1S/C3H8O.C3H6.2C2H6/c1-3-4-2;1-3-2;2*1-2/h3H2,1-2H3;3H,1H2,2H3;2*1-2H3. The smallest absolute Gasteiger partial charge is 0.0433 e. The first-order valence-corrected chi connectivity index (χ1v) is 4.39. The molecule has 0 aliphatic rings. The van der Waals surface area contributed by atoms with Gasteiger partial charge in [0.1, 0.15) is 0 Å². The molecule has 0 N–H and O–H groups in total. The summed E-state index contributed by atoms with van der Waals surface area (Å²) in [5.41, 5.74) is 0. The van der Waals surface area contributed by atoms with Crippen LogP contribution in [0.15, 0.2) is 12.7 Å². The Hall–Kier alpha value is -0.300. The van der Waals surface area contributed by atoms with Crippen LogP contribution in [0.2, 0.25) is 0 Å². The van der Waals surface area contributed by atoms with E-state index in [0.29, 0.717) is 0 Å². The number of hydrogen-bond donors (Lipinski definition) is 0. The van der Waals surface area contributed by atoms with Crippen molar-refractivity contribution in [1.29, 1.82) is 0 Å². The minimum Gasteiger partial charge on any atom is -0.385 e. The summed E-state index contributed by atoms with van der Waals surface area (Å²) < 4.78 is 4.54. The average Bonchev–Trinajstić information content (AvgIpc) is 2.12. The lowest BCUT2D eigenvalue weighted by molar-refractivity contribution is 0.215. The fraction of sp³-hybridized carbons (Fsp3) is 0.800. The summed E-state index contributed by atoms with van der Waals surface area (Å²) in [5, 5.41) is 0. The van der Waals surface area contributed by atoms with Gasteiger partial charge in [0.15, 0.2) is 0 Å². The Morgan fingerprint density at radius 3 is 1.27 bits per heavy atom. The van der Waals surface area contributed by atoms with Crippen molar-refractivity contribution in [2.24, 2.45) is 0 Å². The van der Waals surface area contributed by atoms with Gasteiger partial charge in [-0.1, -0.05) is 33.8 Å². The SMILES string of the molecule is C=CC.CC.CC.CCOC. The van der Waals surface area contributed by atoms with Crippen molar-refractivity contribution >= 4 is 0 Å². The van der Waals surface area contributed by atoms with E-state index >= 15 is 0 Å². The Bertz CT molecular complexity index is 24.1. The average molecular weight is 162 g/mol. The van der Waals surface area contributed by atoms with Gasteiger partial charge in [-0.3, -0.25) is 0 Å². The molecule has 0 aromatic rings. The second-order valence-electron chi connectivity index (χ2n) is 0.986. The molecule has 0 saturated carbocycles. The molecule has 0 rings (SSSR count). The topological polar surface area (TPSA) is 9.23 Å². The zero-order valence-electron chi connectivity index (χ0n) is 9.40. The lowest BCUT2D eigenvalue weighted by Crippen LogP contribution is -1.73. The van der Waals surface area contributed by atoms with Gasteiger partial charge in [0.2, 0.25) is 0 Å². The van der Waals surface area contributed by atoms with Gasteiger partial charge in [0.25, 0.3) is 0 Å². The predicted octanol–water partition coefficient (Wildman–Crippen LogP) is 3.90. The number of methoxy groups -OCH3 is 1. The maximum Gasteiger partial charge on any atom is 0.0433 e. The van der Waals surface area contributed by atoms with E-state index in [-0.39, 0.29) is 0 Å². The van der Waals surface area contributed by atoms with Crippen LogP contribution in [-0.2, 0) is 4.74 Å². The number of ether oxygens (including phenoxy) is 1. The van der Waals surface area contributed by atoms with Gasteiger partial charge in [-0.05, 0) is 13.8 Å². The van der Waals surface area contributed by atoms with Crippen LogP contribution < -0.4 is 0 Å². The monoisotopic (exact) mass is 162 g/mol. The van der Waals surface area contributed by atoms with Gasteiger partial charge in [0.05, 0.1) is 0 Å². The zero-order valence-corrected chi connectivity index (χ0v) is 9.40. The van der Waals surface area contributed by atoms with Crippen molar-refractivity contribution in [2.75, 3.05) is 13.7 Å². The molecule has 0 amide bonds. The van der Waals surface area contributed by atoms with Crippen LogP contribution in [0.4, 0.5) is 0 Å². The van der Waals surface area contributed by atoms with E-state index in [1.54, 1.807) is 13.2 Å². The Morgan fingerprint density at radius 1 is 1.18 bits per heavy atom. The van der Waals surface area contributed by atoms with Crippen molar-refractivity contribution in [2.45, 2.75) is 41.5 Å². The Morgan fingerprint density at radius 2 is 1.27 bits per heavy atom. The fourth-order valence-electron chi connectivity index (χ4n) is 0. The van der Waals surface area contributed by atoms with Crippen LogP contribution in [0.1, 0.15) is 41.5 Å². The van der Waals surface area contributed by atoms with E-state index < -0.39 is 0 Å². The molecule has 0 radical (unpaired) electrons. The Kier molecular flexibility index (Phi) is 205. The van der Waals surface area contributed by atoms with E-state index in [9.17, 15) is 0 Å². The minimum absolute atomic E-state index is 0.819. The predicted molar refractivity (Wildman–Crippen MR) is 56.1 cm³/mol. The van der Waals surface area contributed by atoms with Crippen LogP contribution in [0.3, 0.4) is 0 Å². The van der Waals surface area contributed by atoms with Gasteiger partial charge in [-0.25, -0.2) is 0 Å². The maximum atomic E-state index is 4.54. The normalized spacial score (nSPS) is 5.00. The van der Waals surface area contributed by atoms with Crippen LogP contribution in [0.5, 0.6) is 0 Å². The van der Waals surface area contributed by atoms with E-state index in [1.807, 2.05) is 41.5 Å². The van der Waals surface area contributed by atoms with Gasteiger partial charge < -0.3 is 4.74 Å². The largest absolute Gasteiger partial charge is 0.385 e. The van der Waals surface area contributed by atoms with Crippen LogP contribution in [-0.4, -0.2) is 13.7 Å². The molecule has 72 valence electrons. The van der Waals surface area contributed by atoms with E-state index in [0.717, 1.165) is 6.61 Å². The van der Waals surface area contributed by atoms with Crippen molar-refractivity contribution in [3.8, 4) is 0 Å². The molecular weight excluding hydrogens is 136 g/mol. The molecule has 0 spiro atoms. The summed E-state index contributed by atoms with van der Waals surface area (Å²) in [7, 11) is 1.68. The number of allylic oxidation sites excluding steroid dienone is 1. The molecule has 0 aliphatic heterocycles. The summed E-state index contributed by atoms with van der Waals surface area (Å²) in [4.78, 5) is 0. The summed E-state index contributed by atoms with van der Waals surface area (Å²) in [6, 6.07) is 0. The Labute approximate surface area is 73.5 Å². The van der Waals surface area contributed by atoms with Crippen molar-refractivity contribution in [3.63, 3.8) is 0 Å². The van der Waals surface area contributed by atoms with Gasteiger partial charge >= 0.3 is 0 Å². The van der Waals surface area contributed by atoms with Crippen molar-refractivity contribution in [1.82, 2.24) is 0 Å². The summed E-state index contributed by atoms with van der Waals surface area (Å²) in [6.45, 7) is 16.0. The number of rotatable bonds is 1. The fourth-order valence-corrected chi connectivity index (χ4v) is 0. The molecule has 0 unspecified atom stereocenters. The lowest BCUT2D eigenvalue weighted by Gasteiger charge is -1.76. The third kappa shape index (κ3) is 1170. The molecule has 0 aromatic carbocycles. The highest BCUT2D eigenvalue weighted by atomic mass is 16.5. The van der Waals surface area contributed by atoms with E-state index in [4.69, 9.17) is 0 Å². The highest BCUT2D eigenvalue weighted by molar-refractivity contribution is 4.51. The summed E-state index contributed by atoms with van der Waals surface area (Å²) >= 11 is 0. The highest BCUT2D eigenvalue weighted by Crippen LogP contribution is 1.52. The second kappa shape index (κ2) is 101. The second-order valence-corrected chi connectivity index (χ2v) is 0.986. The van der Waals surface area contributed by atoms with Gasteiger partial charge in [0, 0.05) is 13.7 Å². The van der Waals surface area contributed by atoms with Crippen LogP contribution in [0.25, 0.3) is 0 Å². The molecule has 0 fully saturated rings. The van der Waals surface area contributed by atoms with Gasteiger partial charge in [-0.15, -0.1) is 6.58 Å². The highest BCUT2D eigenvalue weighted by Gasteiger charge is 1.51. The van der Waals surface area contributed by atoms with E-state index in [1.165, 1.54) is 0 Å².